The molecule has 4 aromatic rings. The Morgan fingerprint density at radius 2 is 2.18 bits per heavy atom. The van der Waals surface area contributed by atoms with Crippen LogP contribution >= 0.6 is 23.1 Å². The molecule has 4 heterocycles. The maximum Gasteiger partial charge on any atom is 0.236 e. The second-order valence-corrected chi connectivity index (χ2v) is 7.42. The Labute approximate surface area is 169 Å². The molecule has 0 fully saturated rings. The molecule has 0 bridgehead atoms. The molecule has 0 aliphatic carbocycles. The van der Waals surface area contributed by atoms with Crippen molar-refractivity contribution in [1.29, 1.82) is 0 Å². The molecule has 28 heavy (non-hydrogen) atoms. The third kappa shape index (κ3) is 3.97. The highest BCUT2D eigenvalue weighted by Gasteiger charge is 2.16. The molecule has 8 nitrogen and oxygen atoms in total. The molecule has 0 aliphatic heterocycles. The van der Waals surface area contributed by atoms with Crippen LogP contribution in [0.5, 0.6) is 0 Å². The largest absolute Gasteiger partial charge is 0.461 e. The number of carbonyl (C=O) groups excluding carboxylic acids is 1. The zero-order valence-electron chi connectivity index (χ0n) is 14.9. The molecule has 0 unspecified atom stereocenters. The Balaban J connectivity index is 1.38. The number of pyridine rings is 1. The monoisotopic (exact) mass is 412 g/mol. The van der Waals surface area contributed by atoms with Crippen LogP contribution in [0.4, 0.5) is 5.13 Å². The summed E-state index contributed by atoms with van der Waals surface area (Å²) in [7, 11) is 0. The molecule has 0 aromatic carbocycles. The van der Waals surface area contributed by atoms with Crippen LogP contribution in [0.2, 0.25) is 0 Å². The fourth-order valence-corrected chi connectivity index (χ4v) is 4.04. The lowest BCUT2D eigenvalue weighted by Crippen LogP contribution is -2.14. The van der Waals surface area contributed by atoms with Crippen molar-refractivity contribution >= 4 is 34.1 Å². The molecule has 1 N–H and O–H groups in total. The number of thioether (sulfide) groups is 1. The Kier molecular flexibility index (Phi) is 5.49. The summed E-state index contributed by atoms with van der Waals surface area (Å²) in [6.07, 6.45) is 3.31. The van der Waals surface area contributed by atoms with Gasteiger partial charge in [0.1, 0.15) is 5.69 Å². The van der Waals surface area contributed by atoms with Gasteiger partial charge < -0.3 is 9.73 Å². The number of nitrogens with one attached hydrogen (secondary N) is 1. The minimum absolute atomic E-state index is 0.155. The molecular formula is C18H16N6O2S2. The van der Waals surface area contributed by atoms with E-state index in [9.17, 15) is 4.79 Å². The third-order valence-electron chi connectivity index (χ3n) is 3.78. The number of thiazole rings is 1. The SMILES string of the molecule is CCn1c(SCC(=O)Nc2nc(-c3ccccn3)cs2)nnc1-c1ccco1. The second kappa shape index (κ2) is 8.36. The van der Waals surface area contributed by atoms with Crippen LogP contribution in [0.1, 0.15) is 6.92 Å². The number of amides is 1. The molecule has 0 radical (unpaired) electrons. The van der Waals surface area contributed by atoms with Gasteiger partial charge in [0.15, 0.2) is 21.9 Å². The minimum atomic E-state index is -0.155. The van der Waals surface area contributed by atoms with Crippen LogP contribution in [0.15, 0.2) is 57.7 Å². The van der Waals surface area contributed by atoms with Crippen LogP contribution < -0.4 is 5.32 Å². The van der Waals surface area contributed by atoms with E-state index in [0.29, 0.717) is 28.4 Å². The predicted molar refractivity (Wildman–Crippen MR) is 108 cm³/mol. The van der Waals surface area contributed by atoms with Gasteiger partial charge in [-0.05, 0) is 31.2 Å². The highest BCUT2D eigenvalue weighted by Crippen LogP contribution is 2.26. The van der Waals surface area contributed by atoms with Gasteiger partial charge in [-0.3, -0.25) is 14.3 Å². The number of rotatable bonds is 7. The zero-order chi connectivity index (χ0) is 19.3. The summed E-state index contributed by atoms with van der Waals surface area (Å²) in [5.74, 6) is 1.34. The molecular weight excluding hydrogens is 396 g/mol. The fraction of sp³-hybridized carbons (Fsp3) is 0.167. The zero-order valence-corrected chi connectivity index (χ0v) is 16.5. The van der Waals surface area contributed by atoms with Crippen LogP contribution in [-0.4, -0.2) is 36.4 Å². The van der Waals surface area contributed by atoms with Gasteiger partial charge in [-0.2, -0.15) is 0 Å². The van der Waals surface area contributed by atoms with E-state index in [1.807, 2.05) is 41.1 Å². The van der Waals surface area contributed by atoms with Gasteiger partial charge >= 0.3 is 0 Å². The van der Waals surface area contributed by atoms with Crippen molar-refractivity contribution in [3.05, 3.63) is 48.2 Å². The molecule has 142 valence electrons. The van der Waals surface area contributed by atoms with Gasteiger partial charge in [0.05, 0.1) is 17.7 Å². The molecule has 0 spiro atoms. The number of nitrogens with zero attached hydrogens (tertiary/aromatic N) is 5. The van der Waals surface area contributed by atoms with Gasteiger partial charge in [0, 0.05) is 18.1 Å². The summed E-state index contributed by atoms with van der Waals surface area (Å²) in [4.78, 5) is 21.0. The molecule has 10 heteroatoms. The first-order chi connectivity index (χ1) is 13.7. The van der Waals surface area contributed by atoms with E-state index < -0.39 is 0 Å². The Bertz CT molecular complexity index is 1060. The first kappa shape index (κ1) is 18.4. The standard InChI is InChI=1S/C18H16N6O2S2/c1-2-24-16(14-7-5-9-26-14)22-23-18(24)28-11-15(25)21-17-20-13(10-27-17)12-6-3-4-8-19-12/h3-10H,2,11H2,1H3,(H,20,21,25). The number of furan rings is 1. The molecule has 0 saturated carbocycles. The predicted octanol–water partition coefficient (Wildman–Crippen LogP) is 3.81. The van der Waals surface area contributed by atoms with Gasteiger partial charge in [-0.15, -0.1) is 21.5 Å². The van der Waals surface area contributed by atoms with Crippen molar-refractivity contribution in [1.82, 2.24) is 24.7 Å². The summed E-state index contributed by atoms with van der Waals surface area (Å²) in [5, 5.41) is 14.3. The van der Waals surface area contributed by atoms with E-state index in [2.05, 4.69) is 25.5 Å². The Morgan fingerprint density at radius 1 is 1.25 bits per heavy atom. The van der Waals surface area contributed by atoms with Gasteiger partial charge in [0.2, 0.25) is 5.91 Å². The molecule has 1 amide bonds. The fourth-order valence-electron chi connectivity index (χ4n) is 2.52. The van der Waals surface area contributed by atoms with E-state index >= 15 is 0 Å². The molecule has 4 rings (SSSR count). The summed E-state index contributed by atoms with van der Waals surface area (Å²) < 4.78 is 7.31. The van der Waals surface area contributed by atoms with E-state index in [-0.39, 0.29) is 11.7 Å². The number of hydrogen-bond acceptors (Lipinski definition) is 8. The second-order valence-electron chi connectivity index (χ2n) is 5.62. The number of carbonyl (C=O) groups is 1. The Hall–Kier alpha value is -2.98. The number of hydrogen-bond donors (Lipinski definition) is 1. The average Bonchev–Trinajstić information content (AvgIpc) is 3.47. The quantitative estimate of drug-likeness (QED) is 0.461. The number of anilines is 1. The van der Waals surface area contributed by atoms with Gasteiger partial charge in [-0.25, -0.2) is 4.98 Å². The molecule has 0 atom stereocenters. The summed E-state index contributed by atoms with van der Waals surface area (Å²) in [5.41, 5.74) is 1.51. The minimum Gasteiger partial charge on any atom is -0.461 e. The molecule has 4 aromatic heterocycles. The van der Waals surface area contributed by atoms with Crippen LogP contribution in [0.3, 0.4) is 0 Å². The highest BCUT2D eigenvalue weighted by molar-refractivity contribution is 7.99. The summed E-state index contributed by atoms with van der Waals surface area (Å²) >= 11 is 2.69. The van der Waals surface area contributed by atoms with Crippen LogP contribution in [0.25, 0.3) is 23.0 Å². The smallest absolute Gasteiger partial charge is 0.236 e. The third-order valence-corrected chi connectivity index (χ3v) is 5.51. The van der Waals surface area contributed by atoms with E-state index in [1.165, 1.54) is 23.1 Å². The number of aromatic nitrogens is 5. The van der Waals surface area contributed by atoms with Crippen molar-refractivity contribution in [2.75, 3.05) is 11.1 Å². The maximum absolute atomic E-state index is 12.3. The lowest BCUT2D eigenvalue weighted by molar-refractivity contribution is -0.113. The van der Waals surface area contributed by atoms with Crippen molar-refractivity contribution in [3.63, 3.8) is 0 Å². The van der Waals surface area contributed by atoms with Crippen LogP contribution in [0, 0.1) is 0 Å². The molecule has 0 saturated heterocycles. The topological polar surface area (TPSA) is 98.7 Å². The van der Waals surface area contributed by atoms with E-state index in [1.54, 1.807) is 18.5 Å². The average molecular weight is 413 g/mol. The maximum atomic E-state index is 12.3. The first-order valence-corrected chi connectivity index (χ1v) is 10.4. The highest BCUT2D eigenvalue weighted by atomic mass is 32.2. The van der Waals surface area contributed by atoms with Crippen molar-refractivity contribution < 1.29 is 9.21 Å². The van der Waals surface area contributed by atoms with E-state index in [0.717, 1.165) is 11.4 Å². The summed E-state index contributed by atoms with van der Waals surface area (Å²) in [6, 6.07) is 9.26. The van der Waals surface area contributed by atoms with Gasteiger partial charge in [-0.1, -0.05) is 17.8 Å². The lowest BCUT2D eigenvalue weighted by Gasteiger charge is -2.05. The van der Waals surface area contributed by atoms with Gasteiger partial charge in [0.25, 0.3) is 0 Å². The van der Waals surface area contributed by atoms with Crippen molar-refractivity contribution in [3.8, 4) is 23.0 Å². The van der Waals surface area contributed by atoms with Crippen molar-refractivity contribution in [2.24, 2.45) is 0 Å². The van der Waals surface area contributed by atoms with Crippen LogP contribution in [-0.2, 0) is 11.3 Å². The molecule has 0 aliphatic rings. The van der Waals surface area contributed by atoms with Crippen molar-refractivity contribution in [2.45, 2.75) is 18.6 Å². The first-order valence-electron chi connectivity index (χ1n) is 8.51. The Morgan fingerprint density at radius 3 is 2.93 bits per heavy atom. The van der Waals surface area contributed by atoms with E-state index in [4.69, 9.17) is 4.42 Å². The lowest BCUT2D eigenvalue weighted by atomic mass is 10.3. The summed E-state index contributed by atoms with van der Waals surface area (Å²) in [6.45, 7) is 2.67. The normalized spacial score (nSPS) is 10.9.